The largest absolute Gasteiger partial charge is 0.311 e. The van der Waals surface area contributed by atoms with Gasteiger partial charge in [0.15, 0.2) is 0 Å². The summed E-state index contributed by atoms with van der Waals surface area (Å²) in [5.41, 5.74) is 0.843. The standard InChI is InChI=1S/C19H22N2O2S4/c1-18(2)19(3,4)21(23)15(20(18)22)13-7-5-12(6-8-13)14-11-26-17(27-14)16-24-9-10-25-16/h5-11,15,22-23H,1-4H3. The van der Waals surface area contributed by atoms with Gasteiger partial charge in [-0.3, -0.25) is 0 Å². The van der Waals surface area contributed by atoms with Gasteiger partial charge >= 0.3 is 0 Å². The van der Waals surface area contributed by atoms with Gasteiger partial charge in [-0.25, -0.2) is 0 Å². The van der Waals surface area contributed by atoms with Gasteiger partial charge in [-0.05, 0) is 55.0 Å². The van der Waals surface area contributed by atoms with E-state index < -0.39 is 17.2 Å². The molecule has 0 aliphatic carbocycles. The summed E-state index contributed by atoms with van der Waals surface area (Å²) in [4.78, 5) is 1.23. The average molecular weight is 439 g/mol. The molecule has 0 aromatic heterocycles. The van der Waals surface area contributed by atoms with Gasteiger partial charge in [0.25, 0.3) is 0 Å². The van der Waals surface area contributed by atoms with Crippen LogP contribution in [0.4, 0.5) is 0 Å². The Morgan fingerprint density at radius 1 is 0.815 bits per heavy atom. The van der Waals surface area contributed by atoms with E-state index in [9.17, 15) is 10.4 Å². The van der Waals surface area contributed by atoms with Crippen molar-refractivity contribution in [2.45, 2.75) is 44.9 Å². The van der Waals surface area contributed by atoms with Gasteiger partial charge in [-0.2, -0.15) is 10.1 Å². The maximum Gasteiger partial charge on any atom is 0.136 e. The number of hydrogen-bond donors (Lipinski definition) is 2. The Kier molecular flexibility index (Phi) is 5.31. The molecule has 3 heterocycles. The van der Waals surface area contributed by atoms with Crippen molar-refractivity contribution in [3.8, 4) is 0 Å². The summed E-state index contributed by atoms with van der Waals surface area (Å²) in [6, 6.07) is 8.11. The lowest BCUT2D eigenvalue weighted by Gasteiger charge is -2.37. The number of hydroxylamine groups is 4. The summed E-state index contributed by atoms with van der Waals surface area (Å²) in [5, 5.41) is 30.4. The molecule has 8 heteroatoms. The van der Waals surface area contributed by atoms with Gasteiger partial charge in [0.1, 0.15) is 6.17 Å². The van der Waals surface area contributed by atoms with E-state index in [2.05, 4.69) is 28.4 Å². The Labute approximate surface area is 177 Å². The molecule has 1 aromatic rings. The second kappa shape index (κ2) is 7.18. The lowest BCUT2D eigenvalue weighted by atomic mass is 9.84. The molecule has 1 aromatic carbocycles. The van der Waals surface area contributed by atoms with Crippen molar-refractivity contribution in [3.63, 3.8) is 0 Å². The Bertz CT molecular complexity index is 816. The van der Waals surface area contributed by atoms with Crippen LogP contribution in [0, 0.1) is 0 Å². The fraction of sp³-hybridized carbons (Fsp3) is 0.368. The van der Waals surface area contributed by atoms with Crippen molar-refractivity contribution < 1.29 is 10.4 Å². The molecule has 0 saturated carbocycles. The zero-order valence-corrected chi connectivity index (χ0v) is 18.8. The molecular weight excluding hydrogens is 416 g/mol. The third-order valence-electron chi connectivity index (χ3n) is 5.65. The Balaban J connectivity index is 1.54. The molecule has 0 radical (unpaired) electrons. The fourth-order valence-corrected chi connectivity index (χ4v) is 7.63. The zero-order valence-electron chi connectivity index (χ0n) is 15.5. The number of nitrogens with zero attached hydrogens (tertiary/aromatic N) is 2. The van der Waals surface area contributed by atoms with Gasteiger partial charge in [0.2, 0.25) is 0 Å². The summed E-state index contributed by atoms with van der Waals surface area (Å²) in [6.07, 6.45) is -0.585. The maximum atomic E-state index is 10.7. The monoisotopic (exact) mass is 438 g/mol. The molecule has 0 spiro atoms. The predicted octanol–water partition coefficient (Wildman–Crippen LogP) is 6.49. The van der Waals surface area contributed by atoms with Crippen molar-refractivity contribution in [1.29, 1.82) is 0 Å². The topological polar surface area (TPSA) is 46.9 Å². The minimum Gasteiger partial charge on any atom is -0.311 e. The van der Waals surface area contributed by atoms with Crippen LogP contribution in [0.2, 0.25) is 0 Å². The van der Waals surface area contributed by atoms with E-state index in [-0.39, 0.29) is 0 Å². The van der Waals surface area contributed by atoms with Crippen LogP contribution >= 0.6 is 47.0 Å². The molecule has 4 nitrogen and oxygen atoms in total. The molecule has 4 rings (SSSR count). The number of thioether (sulfide) groups is 4. The Hall–Kier alpha value is -0.320. The molecule has 0 atom stereocenters. The van der Waals surface area contributed by atoms with E-state index in [4.69, 9.17) is 0 Å². The van der Waals surface area contributed by atoms with Crippen molar-refractivity contribution in [1.82, 2.24) is 10.1 Å². The first-order chi connectivity index (χ1) is 12.7. The van der Waals surface area contributed by atoms with E-state index >= 15 is 0 Å². The van der Waals surface area contributed by atoms with Crippen molar-refractivity contribution in [2.24, 2.45) is 0 Å². The van der Waals surface area contributed by atoms with Crippen molar-refractivity contribution in [2.75, 3.05) is 0 Å². The van der Waals surface area contributed by atoms with Gasteiger partial charge in [-0.1, -0.05) is 71.3 Å². The molecule has 1 fully saturated rings. The first kappa shape index (κ1) is 20.0. The molecule has 1 saturated heterocycles. The summed E-state index contributed by atoms with van der Waals surface area (Å²) >= 11 is 7.13. The SMILES string of the molecule is CC1(C)N(O)C(c2ccc(C3=CSC(=C4SC=CS4)S3)cc2)N(O)C1(C)C. The number of hydrogen-bond acceptors (Lipinski definition) is 8. The molecule has 3 aliphatic rings. The van der Waals surface area contributed by atoms with Crippen LogP contribution in [0.3, 0.4) is 0 Å². The van der Waals surface area contributed by atoms with Gasteiger partial charge in [0.05, 0.1) is 19.6 Å². The minimum atomic E-state index is -0.586. The first-order valence-corrected chi connectivity index (χ1v) is 12.0. The molecule has 0 bridgehead atoms. The highest BCUT2D eigenvalue weighted by atomic mass is 32.2. The number of benzene rings is 1. The Morgan fingerprint density at radius 2 is 1.37 bits per heavy atom. The molecule has 27 heavy (non-hydrogen) atoms. The lowest BCUT2D eigenvalue weighted by Crippen LogP contribution is -2.52. The fourth-order valence-electron chi connectivity index (χ4n) is 3.15. The van der Waals surface area contributed by atoms with E-state index in [1.165, 1.54) is 23.5 Å². The van der Waals surface area contributed by atoms with Crippen LogP contribution in [0.25, 0.3) is 4.91 Å². The van der Waals surface area contributed by atoms with Gasteiger partial charge in [-0.15, -0.1) is 0 Å². The van der Waals surface area contributed by atoms with E-state index in [0.29, 0.717) is 0 Å². The predicted molar refractivity (Wildman–Crippen MR) is 119 cm³/mol. The second-order valence-corrected chi connectivity index (χ2v) is 11.9. The first-order valence-electron chi connectivity index (χ1n) is 8.57. The summed E-state index contributed by atoms with van der Waals surface area (Å²) in [7, 11) is 0. The molecule has 2 N–H and O–H groups in total. The lowest BCUT2D eigenvalue weighted by molar-refractivity contribution is -0.223. The molecule has 0 unspecified atom stereocenters. The van der Waals surface area contributed by atoms with E-state index in [1.807, 2.05) is 39.8 Å². The maximum absolute atomic E-state index is 10.7. The molecule has 0 amide bonds. The number of rotatable bonds is 2. The highest BCUT2D eigenvalue weighted by Gasteiger charge is 2.58. The normalized spacial score (nSPS) is 25.6. The van der Waals surface area contributed by atoms with Crippen LogP contribution in [0.5, 0.6) is 0 Å². The van der Waals surface area contributed by atoms with Crippen LogP contribution in [-0.2, 0) is 0 Å². The zero-order chi connectivity index (χ0) is 19.4. The summed E-state index contributed by atoms with van der Waals surface area (Å²) in [6.45, 7) is 7.74. The van der Waals surface area contributed by atoms with Gasteiger partial charge in [0, 0.05) is 4.91 Å². The van der Waals surface area contributed by atoms with E-state index in [0.717, 1.165) is 11.1 Å². The van der Waals surface area contributed by atoms with Crippen LogP contribution in [0.1, 0.15) is 45.0 Å². The quantitative estimate of drug-likeness (QED) is 0.543. The van der Waals surface area contributed by atoms with Crippen molar-refractivity contribution in [3.05, 3.63) is 60.1 Å². The highest BCUT2D eigenvalue weighted by molar-refractivity contribution is 8.35. The van der Waals surface area contributed by atoms with Gasteiger partial charge < -0.3 is 10.4 Å². The highest BCUT2D eigenvalue weighted by Crippen LogP contribution is 2.55. The van der Waals surface area contributed by atoms with Crippen LogP contribution in [0.15, 0.2) is 49.0 Å². The average Bonchev–Trinajstić information content (AvgIpc) is 3.35. The van der Waals surface area contributed by atoms with Crippen molar-refractivity contribution >= 4 is 52.0 Å². The smallest absolute Gasteiger partial charge is 0.136 e. The van der Waals surface area contributed by atoms with E-state index in [1.54, 1.807) is 47.0 Å². The summed E-state index contributed by atoms with van der Waals surface area (Å²) in [5.74, 6) is 0. The third-order valence-corrected chi connectivity index (χ3v) is 10.7. The van der Waals surface area contributed by atoms with Crippen LogP contribution < -0.4 is 0 Å². The van der Waals surface area contributed by atoms with Crippen LogP contribution in [-0.4, -0.2) is 31.6 Å². The second-order valence-electron chi connectivity index (χ2n) is 7.59. The molecule has 3 aliphatic heterocycles. The molecule has 144 valence electrons. The summed E-state index contributed by atoms with van der Waals surface area (Å²) < 4.78 is 2.67. The molecular formula is C19H22N2O2S4. The third kappa shape index (κ3) is 3.24. The Morgan fingerprint density at radius 3 is 1.93 bits per heavy atom. The minimum absolute atomic E-state index is 0.585.